The van der Waals surface area contributed by atoms with Gasteiger partial charge in [0, 0.05) is 0 Å². The van der Waals surface area contributed by atoms with Crippen molar-refractivity contribution in [3.63, 3.8) is 0 Å². The van der Waals surface area contributed by atoms with Crippen molar-refractivity contribution < 1.29 is 0 Å². The van der Waals surface area contributed by atoms with Crippen molar-refractivity contribution in [1.29, 1.82) is 0 Å². The Morgan fingerprint density at radius 1 is 0.615 bits per heavy atom. The van der Waals surface area contributed by atoms with Crippen LogP contribution in [0.2, 0.25) is 0 Å². The van der Waals surface area contributed by atoms with Crippen molar-refractivity contribution >= 4 is 0 Å². The Labute approximate surface area is 81.1 Å². The maximum Gasteiger partial charge on any atom is -0.0326 e. The molecule has 0 aromatic carbocycles. The molecule has 0 N–H and O–H groups in total. The topological polar surface area (TPSA) is 0 Å². The third-order valence-corrected chi connectivity index (χ3v) is 5.69. The second-order valence-electron chi connectivity index (χ2n) is 6.25. The summed E-state index contributed by atoms with van der Waals surface area (Å²) in [5.74, 6) is 7.20. The van der Waals surface area contributed by atoms with Crippen molar-refractivity contribution in [1.82, 2.24) is 0 Å². The molecule has 0 saturated heterocycles. The van der Waals surface area contributed by atoms with Crippen molar-refractivity contribution in [2.75, 3.05) is 0 Å². The Morgan fingerprint density at radius 3 is 2.15 bits per heavy atom. The third-order valence-electron chi connectivity index (χ3n) is 5.69. The van der Waals surface area contributed by atoms with E-state index < -0.39 is 0 Å². The summed E-state index contributed by atoms with van der Waals surface area (Å²) in [6, 6.07) is 0. The molecule has 0 aromatic heterocycles. The van der Waals surface area contributed by atoms with E-state index in [2.05, 4.69) is 0 Å². The number of rotatable bonds is 0. The van der Waals surface area contributed by atoms with Gasteiger partial charge in [0.2, 0.25) is 0 Å². The molecule has 6 unspecified atom stereocenters. The van der Waals surface area contributed by atoms with Crippen LogP contribution in [-0.4, -0.2) is 0 Å². The van der Waals surface area contributed by atoms with Crippen molar-refractivity contribution in [3.05, 3.63) is 0 Å². The summed E-state index contributed by atoms with van der Waals surface area (Å²) < 4.78 is 0. The molecule has 0 aromatic rings. The van der Waals surface area contributed by atoms with Crippen LogP contribution in [0.1, 0.15) is 44.9 Å². The molecule has 2 bridgehead atoms. The Bertz CT molecular complexity index is 232. The molecule has 0 aliphatic heterocycles. The Morgan fingerprint density at radius 2 is 1.31 bits per heavy atom. The highest BCUT2D eigenvalue weighted by atomic mass is 14.6. The van der Waals surface area contributed by atoms with Crippen LogP contribution < -0.4 is 0 Å². The summed E-state index contributed by atoms with van der Waals surface area (Å²) in [5.41, 5.74) is 0. The lowest BCUT2D eigenvalue weighted by Crippen LogP contribution is -2.32. The minimum Gasteiger partial charge on any atom is -0.0502 e. The molecule has 0 heterocycles. The van der Waals surface area contributed by atoms with Gasteiger partial charge in [0.1, 0.15) is 0 Å². The molecule has 0 amide bonds. The fourth-order valence-electron chi connectivity index (χ4n) is 5.16. The van der Waals surface area contributed by atoms with Crippen LogP contribution in [0.4, 0.5) is 0 Å². The van der Waals surface area contributed by atoms with E-state index >= 15 is 0 Å². The summed E-state index contributed by atoms with van der Waals surface area (Å²) >= 11 is 0. The van der Waals surface area contributed by atoms with Gasteiger partial charge in [-0.3, -0.25) is 0 Å². The van der Waals surface area contributed by atoms with Crippen LogP contribution in [0.3, 0.4) is 0 Å². The van der Waals surface area contributed by atoms with Crippen molar-refractivity contribution in [2.45, 2.75) is 44.9 Å². The SMILES string of the molecule is C1CC2CC1CC1CCC3CC3C21. The first kappa shape index (κ1) is 7.31. The first-order valence-electron chi connectivity index (χ1n) is 6.42. The molecule has 4 rings (SSSR count). The molecule has 4 saturated carbocycles. The molecular weight excluding hydrogens is 156 g/mol. The second kappa shape index (κ2) is 2.32. The maximum atomic E-state index is 1.63. The van der Waals surface area contributed by atoms with Crippen LogP contribution >= 0.6 is 0 Å². The maximum absolute atomic E-state index is 1.63. The van der Waals surface area contributed by atoms with E-state index in [1.54, 1.807) is 44.9 Å². The average Bonchev–Trinajstić information content (AvgIpc) is 2.84. The summed E-state index contributed by atoms with van der Waals surface area (Å²) in [4.78, 5) is 0. The normalized spacial score (nSPS) is 62.8. The van der Waals surface area contributed by atoms with Gasteiger partial charge in [0.05, 0.1) is 0 Å². The van der Waals surface area contributed by atoms with E-state index in [-0.39, 0.29) is 0 Å². The molecule has 4 fully saturated rings. The smallest absolute Gasteiger partial charge is 0.0326 e. The van der Waals surface area contributed by atoms with Gasteiger partial charge in [-0.2, -0.15) is 0 Å². The summed E-state index contributed by atoms with van der Waals surface area (Å²) in [7, 11) is 0. The van der Waals surface area contributed by atoms with Gasteiger partial charge in [-0.25, -0.2) is 0 Å². The van der Waals surface area contributed by atoms with Gasteiger partial charge in [-0.15, -0.1) is 0 Å². The predicted octanol–water partition coefficient (Wildman–Crippen LogP) is 3.47. The lowest BCUT2D eigenvalue weighted by molar-refractivity contribution is 0.0950. The van der Waals surface area contributed by atoms with Crippen molar-refractivity contribution in [2.24, 2.45) is 35.5 Å². The number of hydrogen-bond acceptors (Lipinski definition) is 0. The standard InChI is InChI=1S/C13H20/c1-2-10-5-8(1)6-11-4-3-9-7-12(9)13(10)11/h8-13H,1-7H2. The minimum absolute atomic E-state index is 1.17. The van der Waals surface area contributed by atoms with Crippen LogP contribution in [0.25, 0.3) is 0 Å². The zero-order valence-corrected chi connectivity index (χ0v) is 8.41. The molecule has 4 aliphatic carbocycles. The number of hydrogen-bond donors (Lipinski definition) is 0. The highest BCUT2D eigenvalue weighted by Gasteiger charge is 2.55. The van der Waals surface area contributed by atoms with Gasteiger partial charge >= 0.3 is 0 Å². The first-order valence-corrected chi connectivity index (χ1v) is 6.42. The molecular formula is C13H20. The molecule has 0 nitrogen and oxygen atoms in total. The van der Waals surface area contributed by atoms with Crippen molar-refractivity contribution in [3.8, 4) is 0 Å². The van der Waals surface area contributed by atoms with E-state index in [4.69, 9.17) is 0 Å². The van der Waals surface area contributed by atoms with E-state index in [1.807, 2.05) is 0 Å². The third kappa shape index (κ3) is 0.926. The lowest BCUT2D eigenvalue weighted by Gasteiger charge is -2.40. The minimum atomic E-state index is 1.17. The highest BCUT2D eigenvalue weighted by molar-refractivity contribution is 5.04. The largest absolute Gasteiger partial charge is 0.0502 e. The molecule has 72 valence electrons. The second-order valence-corrected chi connectivity index (χ2v) is 6.25. The quantitative estimate of drug-likeness (QED) is 0.530. The van der Waals surface area contributed by atoms with Crippen LogP contribution in [0.5, 0.6) is 0 Å². The summed E-state index contributed by atoms with van der Waals surface area (Å²) in [6.45, 7) is 0. The molecule has 0 spiro atoms. The zero-order chi connectivity index (χ0) is 8.41. The zero-order valence-electron chi connectivity index (χ0n) is 8.41. The highest BCUT2D eigenvalue weighted by Crippen LogP contribution is 2.63. The van der Waals surface area contributed by atoms with Gasteiger partial charge in [-0.1, -0.05) is 6.42 Å². The predicted molar refractivity (Wildman–Crippen MR) is 53.3 cm³/mol. The van der Waals surface area contributed by atoms with Gasteiger partial charge < -0.3 is 0 Å². The van der Waals surface area contributed by atoms with E-state index in [9.17, 15) is 0 Å². The fourth-order valence-corrected chi connectivity index (χ4v) is 5.16. The lowest BCUT2D eigenvalue weighted by atomic mass is 9.65. The molecule has 6 atom stereocenters. The van der Waals surface area contributed by atoms with E-state index in [0.717, 1.165) is 0 Å². The monoisotopic (exact) mass is 176 g/mol. The van der Waals surface area contributed by atoms with Gasteiger partial charge in [0.25, 0.3) is 0 Å². The Balaban J connectivity index is 1.66. The summed E-state index contributed by atoms with van der Waals surface area (Å²) in [5, 5.41) is 0. The Kier molecular flexibility index (Phi) is 1.31. The van der Waals surface area contributed by atoms with Crippen LogP contribution in [0, 0.1) is 35.5 Å². The average molecular weight is 176 g/mol. The molecule has 0 heteroatoms. The van der Waals surface area contributed by atoms with Gasteiger partial charge in [0.15, 0.2) is 0 Å². The summed E-state index contributed by atoms with van der Waals surface area (Å²) in [6.07, 6.45) is 11.3. The first-order chi connectivity index (χ1) is 6.42. The van der Waals surface area contributed by atoms with Crippen LogP contribution in [0.15, 0.2) is 0 Å². The van der Waals surface area contributed by atoms with E-state index in [0.29, 0.717) is 0 Å². The molecule has 0 radical (unpaired) electrons. The Hall–Kier alpha value is 0. The van der Waals surface area contributed by atoms with E-state index in [1.165, 1.54) is 35.5 Å². The fraction of sp³-hybridized carbons (Fsp3) is 1.00. The van der Waals surface area contributed by atoms with Gasteiger partial charge in [-0.05, 0) is 74.0 Å². The van der Waals surface area contributed by atoms with Crippen LogP contribution in [-0.2, 0) is 0 Å². The molecule has 4 aliphatic rings. The molecule has 13 heavy (non-hydrogen) atoms. The number of fused-ring (bicyclic) bond motifs is 6.